The monoisotopic (exact) mass is 427 g/mol. The van der Waals surface area contributed by atoms with Gasteiger partial charge in [0.15, 0.2) is 5.11 Å². The van der Waals surface area contributed by atoms with Crippen LogP contribution in [0.2, 0.25) is 0 Å². The molecule has 0 spiro atoms. The number of carbonyl (C=O) groups excluding carboxylic acids is 2. The van der Waals surface area contributed by atoms with Gasteiger partial charge in [-0.05, 0) is 81.9 Å². The summed E-state index contributed by atoms with van der Waals surface area (Å²) in [5.74, 6) is 0.225. The third-order valence-electron chi connectivity index (χ3n) is 3.98. The second-order valence-electron chi connectivity index (χ2n) is 7.92. The van der Waals surface area contributed by atoms with E-state index >= 15 is 0 Å². The van der Waals surface area contributed by atoms with Gasteiger partial charge in [-0.15, -0.1) is 0 Å². The highest BCUT2D eigenvalue weighted by molar-refractivity contribution is 7.80. The highest BCUT2D eigenvalue weighted by Crippen LogP contribution is 2.14. The third kappa shape index (κ3) is 7.83. The molecular weight excluding hydrogens is 398 g/mol. The van der Waals surface area contributed by atoms with Crippen LogP contribution in [0, 0.1) is 0 Å². The zero-order chi connectivity index (χ0) is 22.1. The number of ether oxygens (including phenoxy) is 1. The standard InChI is InChI=1S/C23H29N3O3S/c1-5-6-14-29-19-12-10-16(11-13-19)20(27)25-22(30)24-18-9-7-8-17(15-18)21(28)26-23(2,3)4/h7-13,15H,5-6,14H2,1-4H3,(H,26,28)(H2,24,25,27,30). The number of amides is 2. The van der Waals surface area contributed by atoms with Gasteiger partial charge >= 0.3 is 0 Å². The second-order valence-corrected chi connectivity index (χ2v) is 8.33. The molecule has 0 radical (unpaired) electrons. The van der Waals surface area contributed by atoms with Crippen molar-refractivity contribution in [3.8, 4) is 5.75 Å². The fourth-order valence-electron chi connectivity index (χ4n) is 2.53. The van der Waals surface area contributed by atoms with E-state index in [0.29, 0.717) is 23.4 Å². The molecule has 0 aliphatic carbocycles. The lowest BCUT2D eigenvalue weighted by molar-refractivity contribution is 0.0918. The first kappa shape index (κ1) is 23.3. The predicted molar refractivity (Wildman–Crippen MR) is 124 cm³/mol. The van der Waals surface area contributed by atoms with Crippen molar-refractivity contribution in [1.82, 2.24) is 10.6 Å². The number of unbranched alkanes of at least 4 members (excludes halogenated alkanes) is 1. The number of hydrogen-bond acceptors (Lipinski definition) is 4. The van der Waals surface area contributed by atoms with Crippen molar-refractivity contribution in [3.63, 3.8) is 0 Å². The van der Waals surface area contributed by atoms with Crippen LogP contribution in [-0.4, -0.2) is 29.1 Å². The van der Waals surface area contributed by atoms with Gasteiger partial charge < -0.3 is 15.4 Å². The van der Waals surface area contributed by atoms with E-state index in [-0.39, 0.29) is 22.5 Å². The molecule has 30 heavy (non-hydrogen) atoms. The van der Waals surface area contributed by atoms with E-state index in [1.54, 1.807) is 48.5 Å². The molecule has 0 bridgehead atoms. The fraction of sp³-hybridized carbons (Fsp3) is 0.348. The maximum Gasteiger partial charge on any atom is 0.257 e. The molecule has 2 amide bonds. The molecule has 0 atom stereocenters. The van der Waals surface area contributed by atoms with Crippen LogP contribution < -0.4 is 20.7 Å². The zero-order valence-electron chi connectivity index (χ0n) is 17.9. The summed E-state index contributed by atoms with van der Waals surface area (Å²) in [5, 5.41) is 8.64. The smallest absolute Gasteiger partial charge is 0.257 e. The van der Waals surface area contributed by atoms with E-state index in [1.807, 2.05) is 20.8 Å². The number of anilines is 1. The number of carbonyl (C=O) groups is 2. The molecule has 0 aromatic heterocycles. The minimum absolute atomic E-state index is 0.150. The minimum atomic E-state index is -0.333. The van der Waals surface area contributed by atoms with E-state index in [1.165, 1.54) is 0 Å². The number of thiocarbonyl (C=S) groups is 1. The molecule has 0 fully saturated rings. The van der Waals surface area contributed by atoms with Gasteiger partial charge in [-0.25, -0.2) is 0 Å². The molecule has 0 aliphatic rings. The van der Waals surface area contributed by atoms with E-state index in [9.17, 15) is 9.59 Å². The van der Waals surface area contributed by atoms with Crippen molar-refractivity contribution < 1.29 is 14.3 Å². The molecule has 3 N–H and O–H groups in total. The molecule has 0 unspecified atom stereocenters. The van der Waals surface area contributed by atoms with Gasteiger partial charge in [0.1, 0.15) is 5.75 Å². The van der Waals surface area contributed by atoms with E-state index in [0.717, 1.165) is 18.6 Å². The first-order valence-electron chi connectivity index (χ1n) is 9.96. The molecule has 0 saturated heterocycles. The highest BCUT2D eigenvalue weighted by atomic mass is 32.1. The Labute approximate surface area is 183 Å². The van der Waals surface area contributed by atoms with Crippen molar-refractivity contribution in [2.24, 2.45) is 0 Å². The summed E-state index contributed by atoms with van der Waals surface area (Å²) >= 11 is 5.24. The van der Waals surface area contributed by atoms with E-state index in [4.69, 9.17) is 17.0 Å². The Bertz CT molecular complexity index is 889. The maximum atomic E-state index is 12.4. The Morgan fingerprint density at radius 3 is 2.33 bits per heavy atom. The molecule has 2 aromatic carbocycles. The second kappa shape index (κ2) is 10.7. The van der Waals surface area contributed by atoms with Crippen LogP contribution in [-0.2, 0) is 0 Å². The largest absolute Gasteiger partial charge is 0.494 e. The minimum Gasteiger partial charge on any atom is -0.494 e. The van der Waals surface area contributed by atoms with Gasteiger partial charge in [-0.3, -0.25) is 14.9 Å². The lowest BCUT2D eigenvalue weighted by atomic mass is 10.1. The molecule has 6 nitrogen and oxygen atoms in total. The van der Waals surface area contributed by atoms with Crippen LogP contribution in [0.4, 0.5) is 5.69 Å². The Kier molecular flexibility index (Phi) is 8.35. The number of hydrogen-bond donors (Lipinski definition) is 3. The molecule has 160 valence electrons. The van der Waals surface area contributed by atoms with Crippen molar-refractivity contribution >= 4 is 34.8 Å². The quantitative estimate of drug-likeness (QED) is 0.447. The summed E-state index contributed by atoms with van der Waals surface area (Å²) in [5.41, 5.74) is 1.25. The van der Waals surface area contributed by atoms with Crippen molar-refractivity contribution in [3.05, 3.63) is 59.7 Å². The van der Waals surface area contributed by atoms with Crippen molar-refractivity contribution in [2.75, 3.05) is 11.9 Å². The predicted octanol–water partition coefficient (Wildman–Crippen LogP) is 4.52. The van der Waals surface area contributed by atoms with Gasteiger partial charge in [-0.1, -0.05) is 19.4 Å². The Hall–Kier alpha value is -2.93. The van der Waals surface area contributed by atoms with Gasteiger partial charge in [0.25, 0.3) is 11.8 Å². The number of nitrogens with one attached hydrogen (secondary N) is 3. The maximum absolute atomic E-state index is 12.4. The summed E-state index contributed by atoms with van der Waals surface area (Å²) in [7, 11) is 0. The normalized spacial score (nSPS) is 10.8. The van der Waals surface area contributed by atoms with Gasteiger partial charge in [0.05, 0.1) is 6.61 Å². The summed E-state index contributed by atoms with van der Waals surface area (Å²) in [6.07, 6.45) is 2.05. The number of rotatable bonds is 7. The van der Waals surface area contributed by atoms with E-state index < -0.39 is 0 Å². The average Bonchev–Trinajstić information content (AvgIpc) is 2.67. The molecule has 2 aromatic rings. The van der Waals surface area contributed by atoms with Gasteiger partial charge in [0, 0.05) is 22.4 Å². The van der Waals surface area contributed by atoms with Crippen LogP contribution >= 0.6 is 12.2 Å². The molecule has 7 heteroatoms. The van der Waals surface area contributed by atoms with Gasteiger partial charge in [-0.2, -0.15) is 0 Å². The van der Waals surface area contributed by atoms with Crippen LogP contribution in [0.15, 0.2) is 48.5 Å². The summed E-state index contributed by atoms with van der Waals surface area (Å²) in [4.78, 5) is 24.7. The van der Waals surface area contributed by atoms with Crippen molar-refractivity contribution in [1.29, 1.82) is 0 Å². The van der Waals surface area contributed by atoms with Crippen LogP contribution in [0.1, 0.15) is 61.3 Å². The summed E-state index contributed by atoms with van der Waals surface area (Å²) in [6, 6.07) is 13.8. The average molecular weight is 428 g/mol. The lowest BCUT2D eigenvalue weighted by Gasteiger charge is -2.20. The molecule has 0 heterocycles. The number of benzene rings is 2. The Balaban J connectivity index is 1.93. The summed E-state index contributed by atoms with van der Waals surface area (Å²) in [6.45, 7) is 8.51. The molecular formula is C23H29N3O3S. The van der Waals surface area contributed by atoms with Gasteiger partial charge in [0.2, 0.25) is 0 Å². The summed E-state index contributed by atoms with van der Waals surface area (Å²) < 4.78 is 5.60. The highest BCUT2D eigenvalue weighted by Gasteiger charge is 2.15. The lowest BCUT2D eigenvalue weighted by Crippen LogP contribution is -2.40. The van der Waals surface area contributed by atoms with Crippen LogP contribution in [0.5, 0.6) is 5.75 Å². The topological polar surface area (TPSA) is 79.5 Å². The first-order chi connectivity index (χ1) is 14.2. The molecule has 2 rings (SSSR count). The van der Waals surface area contributed by atoms with E-state index in [2.05, 4.69) is 22.9 Å². The van der Waals surface area contributed by atoms with Crippen LogP contribution in [0.25, 0.3) is 0 Å². The SMILES string of the molecule is CCCCOc1ccc(C(=O)NC(=S)Nc2cccc(C(=O)NC(C)(C)C)c2)cc1. The Morgan fingerprint density at radius 2 is 1.70 bits per heavy atom. The molecule has 0 saturated carbocycles. The Morgan fingerprint density at radius 1 is 1.00 bits per heavy atom. The third-order valence-corrected chi connectivity index (χ3v) is 4.19. The van der Waals surface area contributed by atoms with Crippen LogP contribution in [0.3, 0.4) is 0 Å². The fourth-order valence-corrected chi connectivity index (χ4v) is 2.74. The van der Waals surface area contributed by atoms with Crippen molar-refractivity contribution in [2.45, 2.75) is 46.1 Å². The first-order valence-corrected chi connectivity index (χ1v) is 10.4. The zero-order valence-corrected chi connectivity index (χ0v) is 18.7. The molecule has 0 aliphatic heterocycles.